The maximum atomic E-state index is 12.6. The molecule has 0 aliphatic heterocycles. The van der Waals surface area contributed by atoms with Crippen molar-refractivity contribution in [3.05, 3.63) is 42.6 Å². The van der Waals surface area contributed by atoms with Crippen LogP contribution in [0.4, 0.5) is 4.79 Å². The van der Waals surface area contributed by atoms with Crippen molar-refractivity contribution in [1.29, 1.82) is 0 Å². The second-order valence-electron chi connectivity index (χ2n) is 9.41. The first-order chi connectivity index (χ1) is 17.9. The number of azide groups is 1. The Kier molecular flexibility index (Phi) is 9.04. The minimum absolute atomic E-state index is 0.00802. The van der Waals surface area contributed by atoms with Crippen molar-refractivity contribution in [2.24, 2.45) is 5.11 Å². The van der Waals surface area contributed by atoms with Crippen molar-refractivity contribution in [2.45, 2.75) is 69.9 Å². The van der Waals surface area contributed by atoms with Gasteiger partial charge in [0, 0.05) is 15.7 Å². The molecule has 16 heteroatoms. The van der Waals surface area contributed by atoms with Crippen molar-refractivity contribution >= 4 is 46.4 Å². The fraction of sp³-hybridized carbons (Fsp3) is 0.545. The van der Waals surface area contributed by atoms with Crippen LogP contribution in [0, 0.1) is 0 Å². The van der Waals surface area contributed by atoms with E-state index in [2.05, 4.69) is 35.4 Å². The maximum absolute atomic E-state index is 12.6. The van der Waals surface area contributed by atoms with Crippen molar-refractivity contribution in [2.75, 3.05) is 7.11 Å². The van der Waals surface area contributed by atoms with Gasteiger partial charge in [0.25, 0.3) is 0 Å². The number of Topliss-reactive ketones (excluding diaryl/α,β-unsaturated/α-hetero) is 1. The van der Waals surface area contributed by atoms with Gasteiger partial charge in [-0.3, -0.25) is 9.59 Å². The zero-order chi connectivity index (χ0) is 28.1. The van der Waals surface area contributed by atoms with Crippen LogP contribution in [0.3, 0.4) is 0 Å². The number of nitrogens with zero attached hydrogens (tertiary/aromatic N) is 5. The molecular weight excluding hydrogens is 538 g/mol. The Hall–Kier alpha value is -3.59. The molecule has 38 heavy (non-hydrogen) atoms. The van der Waals surface area contributed by atoms with E-state index in [0.717, 1.165) is 22.7 Å². The highest BCUT2D eigenvalue weighted by Gasteiger charge is 2.51. The van der Waals surface area contributed by atoms with Crippen LogP contribution in [0.1, 0.15) is 78.4 Å². The summed E-state index contributed by atoms with van der Waals surface area (Å²) < 4.78 is 9.81. The normalized spacial score (nSPS) is 15.4. The van der Waals surface area contributed by atoms with Gasteiger partial charge in [0.1, 0.15) is 33.3 Å². The Morgan fingerprint density at radius 1 is 1.24 bits per heavy atom. The number of carbonyl (C=O) groups is 4. The van der Waals surface area contributed by atoms with Crippen LogP contribution in [0.25, 0.3) is 10.4 Å². The Morgan fingerprint density at radius 3 is 2.55 bits per heavy atom. The number of aliphatic hydroxyl groups is 1. The molecule has 0 spiro atoms. The third kappa shape index (κ3) is 7.47. The summed E-state index contributed by atoms with van der Waals surface area (Å²) in [4.78, 5) is 59.8. The highest BCUT2D eigenvalue weighted by Crippen LogP contribution is 2.38. The second-order valence-corrected chi connectivity index (χ2v) is 11.2. The summed E-state index contributed by atoms with van der Waals surface area (Å²) in [6, 6.07) is -1.14. The highest BCUT2D eigenvalue weighted by molar-refractivity contribution is 7.10. The summed E-state index contributed by atoms with van der Waals surface area (Å²) in [6.07, 6.45) is -1.64. The average Bonchev–Trinajstić information content (AvgIpc) is 3.24. The molecule has 2 atom stereocenters. The van der Waals surface area contributed by atoms with E-state index in [1.54, 1.807) is 20.8 Å². The first-order valence-corrected chi connectivity index (χ1v) is 13.1. The molecule has 0 saturated heterocycles. The van der Waals surface area contributed by atoms with Gasteiger partial charge in [-0.2, -0.15) is 0 Å². The van der Waals surface area contributed by atoms with Crippen LogP contribution in [0.5, 0.6) is 0 Å². The lowest BCUT2D eigenvalue weighted by molar-refractivity contribution is -0.130. The molecular formula is C22H27N7O7S2. The van der Waals surface area contributed by atoms with Crippen LogP contribution in [0.15, 0.2) is 15.9 Å². The maximum Gasteiger partial charge on any atom is 0.408 e. The molecule has 1 aliphatic carbocycles. The Labute approximate surface area is 225 Å². The lowest BCUT2D eigenvalue weighted by Crippen LogP contribution is -2.46. The van der Waals surface area contributed by atoms with Gasteiger partial charge >= 0.3 is 12.1 Å². The molecule has 2 aromatic rings. The number of thiazole rings is 2. The predicted octanol–water partition coefficient (Wildman–Crippen LogP) is 3.10. The average molecular weight is 566 g/mol. The highest BCUT2D eigenvalue weighted by atomic mass is 32.1. The zero-order valence-corrected chi connectivity index (χ0v) is 22.7. The minimum Gasteiger partial charge on any atom is -0.464 e. The molecule has 1 fully saturated rings. The second kappa shape index (κ2) is 11.9. The molecule has 0 radical (unpaired) electrons. The van der Waals surface area contributed by atoms with E-state index in [-0.39, 0.29) is 22.9 Å². The summed E-state index contributed by atoms with van der Waals surface area (Å²) in [5.41, 5.74) is 7.35. The van der Waals surface area contributed by atoms with Gasteiger partial charge in [-0.05, 0) is 39.1 Å². The fourth-order valence-corrected chi connectivity index (χ4v) is 4.89. The molecule has 2 heterocycles. The number of hydrogen-bond donors (Lipinski definition) is 3. The first-order valence-electron chi connectivity index (χ1n) is 11.4. The molecule has 204 valence electrons. The summed E-state index contributed by atoms with van der Waals surface area (Å²) in [5, 5.41) is 23.1. The van der Waals surface area contributed by atoms with Crippen molar-refractivity contribution < 1.29 is 33.8 Å². The largest absolute Gasteiger partial charge is 0.464 e. The van der Waals surface area contributed by atoms with Crippen LogP contribution < -0.4 is 10.6 Å². The molecule has 1 saturated carbocycles. The third-order valence-corrected chi connectivity index (χ3v) is 7.08. The molecule has 2 amide bonds. The number of methoxy groups -OCH3 is 1. The van der Waals surface area contributed by atoms with Crippen molar-refractivity contribution in [3.8, 4) is 0 Å². The van der Waals surface area contributed by atoms with Gasteiger partial charge in [0.05, 0.1) is 25.8 Å². The topological polar surface area (TPSA) is 206 Å². The van der Waals surface area contributed by atoms with E-state index in [1.807, 2.05) is 0 Å². The number of aliphatic hydroxyl groups excluding tert-OH is 1. The number of aromatic nitrogens is 2. The number of nitrogens with one attached hydrogen (secondary N) is 2. The monoisotopic (exact) mass is 565 g/mol. The molecule has 2 aromatic heterocycles. The van der Waals surface area contributed by atoms with Crippen LogP contribution in [-0.2, 0) is 25.6 Å². The van der Waals surface area contributed by atoms with Crippen molar-refractivity contribution in [3.63, 3.8) is 0 Å². The Bertz CT molecular complexity index is 1260. The number of amides is 2. The van der Waals surface area contributed by atoms with Crippen molar-refractivity contribution in [1.82, 2.24) is 20.6 Å². The summed E-state index contributed by atoms with van der Waals surface area (Å²) >= 11 is 2.16. The van der Waals surface area contributed by atoms with Gasteiger partial charge < -0.3 is 25.2 Å². The van der Waals surface area contributed by atoms with E-state index in [1.165, 1.54) is 17.9 Å². The summed E-state index contributed by atoms with van der Waals surface area (Å²) in [6.45, 7) is 5.12. The SMILES string of the molecule is COC(=O)c1csc(C(N=[N+]=[N-])C(O)c2csc(CNC(=O)CC(=O)C3(NC(=O)OC(C)(C)C)CC3)n2)n1. The van der Waals surface area contributed by atoms with E-state index < -0.39 is 53.5 Å². The lowest BCUT2D eigenvalue weighted by Gasteiger charge is -2.22. The number of hydrogen-bond acceptors (Lipinski definition) is 12. The number of carbonyl (C=O) groups excluding carboxylic acids is 4. The summed E-state index contributed by atoms with van der Waals surface area (Å²) in [7, 11) is 1.21. The van der Waals surface area contributed by atoms with Gasteiger partial charge in [0.2, 0.25) is 5.91 Å². The van der Waals surface area contributed by atoms with Crippen LogP contribution in [-0.4, -0.2) is 57.1 Å². The molecule has 14 nitrogen and oxygen atoms in total. The fourth-order valence-electron chi connectivity index (χ4n) is 3.28. The van der Waals surface area contributed by atoms with Gasteiger partial charge in [-0.1, -0.05) is 5.11 Å². The Balaban J connectivity index is 1.56. The van der Waals surface area contributed by atoms with E-state index in [0.29, 0.717) is 17.8 Å². The molecule has 3 N–H and O–H groups in total. The lowest BCUT2D eigenvalue weighted by atomic mass is 10.1. The molecule has 1 aliphatic rings. The van der Waals surface area contributed by atoms with Gasteiger partial charge in [0.15, 0.2) is 11.5 Å². The predicted molar refractivity (Wildman–Crippen MR) is 135 cm³/mol. The van der Waals surface area contributed by atoms with E-state index in [4.69, 9.17) is 10.3 Å². The molecule has 0 aromatic carbocycles. The number of alkyl carbamates (subject to hydrolysis) is 1. The first kappa shape index (κ1) is 29.0. The minimum atomic E-state index is -1.36. The Morgan fingerprint density at radius 2 is 1.95 bits per heavy atom. The molecule has 2 unspecified atom stereocenters. The van der Waals surface area contributed by atoms with Gasteiger partial charge in [-0.15, -0.1) is 22.7 Å². The van der Waals surface area contributed by atoms with E-state index >= 15 is 0 Å². The third-order valence-electron chi connectivity index (χ3n) is 5.30. The quantitative estimate of drug-likeness (QED) is 0.120. The number of ketones is 1. The molecule has 3 rings (SSSR count). The zero-order valence-electron chi connectivity index (χ0n) is 21.1. The van der Waals surface area contributed by atoms with E-state index in [9.17, 15) is 24.3 Å². The standard InChI is InChI=1S/C22H27N7O7S2/c1-21(2,3)36-20(34)27-22(5-6-22)13(30)7-14(31)24-8-15-25-11(9-37-15)17(32)16(28-29-23)18-26-12(10-38-18)19(33)35-4/h9-10,16-17,32H,5-8H2,1-4H3,(H,24,31)(H,27,34). The number of esters is 1. The molecule has 0 bridgehead atoms. The van der Waals surface area contributed by atoms with Crippen LogP contribution in [0.2, 0.25) is 0 Å². The smallest absolute Gasteiger partial charge is 0.408 e. The summed E-state index contributed by atoms with van der Waals surface area (Å²) in [5.74, 6) is -1.63. The van der Waals surface area contributed by atoms with Crippen LogP contribution >= 0.6 is 22.7 Å². The number of rotatable bonds is 11. The van der Waals surface area contributed by atoms with Gasteiger partial charge in [-0.25, -0.2) is 19.6 Å². The number of ether oxygens (including phenoxy) is 2.